The summed E-state index contributed by atoms with van der Waals surface area (Å²) in [5.74, 6) is -0.0529. The van der Waals surface area contributed by atoms with Crippen LogP contribution in [0.15, 0.2) is 67.0 Å². The van der Waals surface area contributed by atoms with Gasteiger partial charge in [0.1, 0.15) is 0 Å². The number of amides is 1. The molecule has 0 spiro atoms. The highest BCUT2D eigenvalue weighted by Gasteiger charge is 2.19. The first-order valence-electron chi connectivity index (χ1n) is 11.0. The molecule has 1 fully saturated rings. The first-order chi connectivity index (χ1) is 15.1. The molecule has 1 saturated heterocycles. The minimum Gasteiger partial charge on any atom is -0.369 e. The molecule has 0 radical (unpaired) electrons. The summed E-state index contributed by atoms with van der Waals surface area (Å²) in [5, 5.41) is 7.43. The van der Waals surface area contributed by atoms with Crippen molar-refractivity contribution in [3.63, 3.8) is 0 Å². The number of nitrogens with one attached hydrogen (secondary N) is 1. The van der Waals surface area contributed by atoms with Gasteiger partial charge in [-0.1, -0.05) is 24.3 Å². The Balaban J connectivity index is 1.26. The zero-order chi connectivity index (χ0) is 21.6. The van der Waals surface area contributed by atoms with Crippen molar-refractivity contribution in [2.24, 2.45) is 0 Å². The third-order valence-corrected chi connectivity index (χ3v) is 5.89. The van der Waals surface area contributed by atoms with Gasteiger partial charge >= 0.3 is 0 Å². The highest BCUT2D eigenvalue weighted by molar-refractivity contribution is 5.97. The van der Waals surface area contributed by atoms with Gasteiger partial charge in [-0.15, -0.1) is 0 Å². The number of carbonyl (C=O) groups excluding carboxylic acids is 1. The first-order valence-corrected chi connectivity index (χ1v) is 11.0. The van der Waals surface area contributed by atoms with E-state index < -0.39 is 0 Å². The molecule has 0 aliphatic carbocycles. The molecule has 3 aromatic rings. The number of benzene rings is 2. The van der Waals surface area contributed by atoms with Crippen LogP contribution in [-0.4, -0.2) is 59.4 Å². The number of rotatable bonds is 7. The van der Waals surface area contributed by atoms with Crippen LogP contribution in [0.3, 0.4) is 0 Å². The molecule has 0 saturated carbocycles. The van der Waals surface area contributed by atoms with Gasteiger partial charge in [0.15, 0.2) is 0 Å². The van der Waals surface area contributed by atoms with Crippen LogP contribution in [0, 0.1) is 6.92 Å². The van der Waals surface area contributed by atoms with E-state index in [9.17, 15) is 4.79 Å². The quantitative estimate of drug-likeness (QED) is 0.639. The molecule has 1 atom stereocenters. The highest BCUT2D eigenvalue weighted by atomic mass is 16.1. The fourth-order valence-electron chi connectivity index (χ4n) is 4.08. The molecule has 4 rings (SSSR count). The number of para-hydroxylation sites is 1. The fraction of sp³-hybridized carbons (Fsp3) is 0.360. The second kappa shape index (κ2) is 9.79. The number of hydrogen-bond acceptors (Lipinski definition) is 4. The van der Waals surface area contributed by atoms with E-state index in [1.54, 1.807) is 10.9 Å². The van der Waals surface area contributed by atoms with Crippen molar-refractivity contribution in [1.82, 2.24) is 20.0 Å². The number of nitrogens with zero attached hydrogens (tertiary/aromatic N) is 4. The van der Waals surface area contributed by atoms with Gasteiger partial charge in [-0.3, -0.25) is 9.69 Å². The zero-order valence-electron chi connectivity index (χ0n) is 18.4. The normalized spacial score (nSPS) is 15.6. The third kappa shape index (κ3) is 5.33. The number of aromatic nitrogens is 2. The maximum absolute atomic E-state index is 12.9. The van der Waals surface area contributed by atoms with Crippen LogP contribution in [0.25, 0.3) is 5.69 Å². The lowest BCUT2D eigenvalue weighted by Gasteiger charge is -2.36. The number of piperazine rings is 1. The van der Waals surface area contributed by atoms with Crippen LogP contribution in [-0.2, 0) is 0 Å². The van der Waals surface area contributed by atoms with E-state index in [1.807, 2.05) is 36.5 Å². The smallest absolute Gasteiger partial charge is 0.253 e. The van der Waals surface area contributed by atoms with Gasteiger partial charge in [0, 0.05) is 56.8 Å². The molecule has 6 nitrogen and oxygen atoms in total. The van der Waals surface area contributed by atoms with Crippen molar-refractivity contribution in [1.29, 1.82) is 0 Å². The van der Waals surface area contributed by atoms with Crippen molar-refractivity contribution >= 4 is 11.6 Å². The molecule has 0 bridgehead atoms. The van der Waals surface area contributed by atoms with Gasteiger partial charge in [-0.05, 0) is 56.2 Å². The SMILES string of the molecule is Cc1cccc(N2CCN(CC[C@H](C)NC(=O)c3ccccc3-n3cccn3)CC2)c1. The van der Waals surface area contributed by atoms with Crippen LogP contribution in [0.5, 0.6) is 0 Å². The molecule has 1 N–H and O–H groups in total. The van der Waals surface area contributed by atoms with Crippen LogP contribution < -0.4 is 10.2 Å². The van der Waals surface area contributed by atoms with Gasteiger partial charge < -0.3 is 10.2 Å². The molecule has 0 unspecified atom stereocenters. The molecule has 162 valence electrons. The van der Waals surface area contributed by atoms with Gasteiger partial charge in [0.05, 0.1) is 11.3 Å². The van der Waals surface area contributed by atoms with E-state index in [0.29, 0.717) is 5.56 Å². The number of hydrogen-bond donors (Lipinski definition) is 1. The van der Waals surface area contributed by atoms with Crippen molar-refractivity contribution in [3.05, 3.63) is 78.1 Å². The Morgan fingerprint density at radius 3 is 2.61 bits per heavy atom. The lowest BCUT2D eigenvalue weighted by molar-refractivity contribution is 0.0935. The van der Waals surface area contributed by atoms with Crippen molar-refractivity contribution in [2.75, 3.05) is 37.6 Å². The summed E-state index contributed by atoms with van der Waals surface area (Å²) in [6.07, 6.45) is 4.50. The molecule has 2 aromatic carbocycles. The Hall–Kier alpha value is -3.12. The predicted octanol–water partition coefficient (Wildman–Crippen LogP) is 3.51. The third-order valence-electron chi connectivity index (χ3n) is 5.89. The summed E-state index contributed by atoms with van der Waals surface area (Å²) < 4.78 is 1.73. The maximum atomic E-state index is 12.9. The molecule has 2 heterocycles. The van der Waals surface area contributed by atoms with Gasteiger partial charge in [-0.25, -0.2) is 4.68 Å². The van der Waals surface area contributed by atoms with Crippen LogP contribution in [0.2, 0.25) is 0 Å². The van der Waals surface area contributed by atoms with Crippen LogP contribution in [0.1, 0.15) is 29.3 Å². The summed E-state index contributed by atoms with van der Waals surface area (Å²) in [7, 11) is 0. The second-order valence-electron chi connectivity index (χ2n) is 8.30. The minimum atomic E-state index is -0.0529. The Kier molecular flexibility index (Phi) is 6.67. The highest BCUT2D eigenvalue weighted by Crippen LogP contribution is 2.18. The Labute approximate surface area is 184 Å². The number of aryl methyl sites for hydroxylation is 1. The molecule has 31 heavy (non-hydrogen) atoms. The number of carbonyl (C=O) groups is 1. The lowest BCUT2D eigenvalue weighted by atomic mass is 10.1. The van der Waals surface area contributed by atoms with Crippen LogP contribution >= 0.6 is 0 Å². The molecule has 1 aliphatic rings. The summed E-state index contributed by atoms with van der Waals surface area (Å²) in [6, 6.07) is 18.3. The molecular weight excluding hydrogens is 386 g/mol. The van der Waals surface area contributed by atoms with Crippen LogP contribution in [0.4, 0.5) is 5.69 Å². The topological polar surface area (TPSA) is 53.4 Å². The maximum Gasteiger partial charge on any atom is 0.253 e. The molecule has 1 amide bonds. The summed E-state index contributed by atoms with van der Waals surface area (Å²) in [4.78, 5) is 17.8. The van der Waals surface area contributed by atoms with Crippen molar-refractivity contribution in [2.45, 2.75) is 26.3 Å². The summed E-state index contributed by atoms with van der Waals surface area (Å²) >= 11 is 0. The zero-order valence-corrected chi connectivity index (χ0v) is 18.4. The molecule has 6 heteroatoms. The Morgan fingerprint density at radius 2 is 1.87 bits per heavy atom. The molecule has 1 aliphatic heterocycles. The van der Waals surface area contributed by atoms with Crippen molar-refractivity contribution < 1.29 is 4.79 Å². The van der Waals surface area contributed by atoms with E-state index in [2.05, 4.69) is 58.3 Å². The Bertz CT molecular complexity index is 993. The summed E-state index contributed by atoms with van der Waals surface area (Å²) in [6.45, 7) is 9.40. The van der Waals surface area contributed by atoms with Gasteiger partial charge in [-0.2, -0.15) is 5.10 Å². The fourth-order valence-corrected chi connectivity index (χ4v) is 4.08. The average molecular weight is 418 g/mol. The van der Waals surface area contributed by atoms with Crippen molar-refractivity contribution in [3.8, 4) is 5.69 Å². The van der Waals surface area contributed by atoms with Gasteiger partial charge in [0.25, 0.3) is 5.91 Å². The van der Waals surface area contributed by atoms with E-state index in [1.165, 1.54) is 11.3 Å². The van der Waals surface area contributed by atoms with E-state index in [-0.39, 0.29) is 11.9 Å². The Morgan fingerprint density at radius 1 is 1.06 bits per heavy atom. The monoisotopic (exact) mass is 417 g/mol. The molecule has 1 aromatic heterocycles. The van der Waals surface area contributed by atoms with E-state index in [0.717, 1.165) is 44.8 Å². The standard InChI is InChI=1S/C25H31N5O/c1-20-7-5-8-22(19-20)29-17-15-28(16-18-29)14-11-21(2)27-25(31)23-9-3-4-10-24(23)30-13-6-12-26-30/h3-10,12-13,19,21H,11,14-18H2,1-2H3,(H,27,31)/t21-/m0/s1. The lowest BCUT2D eigenvalue weighted by Crippen LogP contribution is -2.47. The average Bonchev–Trinajstić information content (AvgIpc) is 3.33. The van der Waals surface area contributed by atoms with Gasteiger partial charge in [0.2, 0.25) is 0 Å². The predicted molar refractivity (Wildman–Crippen MR) is 125 cm³/mol. The summed E-state index contributed by atoms with van der Waals surface area (Å²) in [5.41, 5.74) is 4.06. The largest absolute Gasteiger partial charge is 0.369 e. The first kappa shape index (κ1) is 21.1. The minimum absolute atomic E-state index is 0.0529. The van der Waals surface area contributed by atoms with E-state index >= 15 is 0 Å². The number of anilines is 1. The van der Waals surface area contributed by atoms with E-state index in [4.69, 9.17) is 0 Å². The second-order valence-corrected chi connectivity index (χ2v) is 8.30. The molecular formula is C25H31N5O.